The summed E-state index contributed by atoms with van der Waals surface area (Å²) in [6.45, 7) is 5.49. The van der Waals surface area contributed by atoms with Crippen molar-refractivity contribution in [3.8, 4) is 0 Å². The summed E-state index contributed by atoms with van der Waals surface area (Å²) in [6, 6.07) is -0.0988. The van der Waals surface area contributed by atoms with E-state index in [1.807, 2.05) is 0 Å². The highest BCUT2D eigenvalue weighted by Crippen LogP contribution is 2.15. The van der Waals surface area contributed by atoms with Gasteiger partial charge in [0.2, 0.25) is 5.91 Å². The maximum Gasteiger partial charge on any atom is 0.303 e. The van der Waals surface area contributed by atoms with Crippen molar-refractivity contribution in [3.05, 3.63) is 0 Å². The predicted octanol–water partition coefficient (Wildman–Crippen LogP) is 1.38. The van der Waals surface area contributed by atoms with Gasteiger partial charge in [0.1, 0.15) is 0 Å². The molecule has 0 aromatic rings. The molecule has 3 N–H and O–H groups in total. The number of aliphatic carboxylic acids is 1. The maximum atomic E-state index is 12.0. The topological polar surface area (TPSA) is 78.4 Å². The molecule has 0 unspecified atom stereocenters. The summed E-state index contributed by atoms with van der Waals surface area (Å²) in [7, 11) is 0. The van der Waals surface area contributed by atoms with Crippen molar-refractivity contribution >= 4 is 11.9 Å². The summed E-state index contributed by atoms with van der Waals surface area (Å²) in [5.74, 6) is -0.325. The largest absolute Gasteiger partial charge is 0.481 e. The standard InChI is InChI=1S/C14H26N2O3/c1-10(2)7-11(8-13(17)18)9-16-14(19)12-5-3-4-6-15-12/h10-12,15H,3-9H2,1-2H3,(H,16,19)(H,17,18)/t11-,12+/m0/s1. The average molecular weight is 270 g/mol. The quantitative estimate of drug-likeness (QED) is 0.653. The third kappa shape index (κ3) is 6.57. The normalized spacial score (nSPS) is 21.1. The molecule has 1 aliphatic heterocycles. The molecule has 0 saturated carbocycles. The van der Waals surface area contributed by atoms with Gasteiger partial charge < -0.3 is 15.7 Å². The molecule has 1 saturated heterocycles. The molecule has 19 heavy (non-hydrogen) atoms. The SMILES string of the molecule is CC(C)C[C@H](CNC(=O)[C@H]1CCCCN1)CC(=O)O. The Labute approximate surface area is 115 Å². The summed E-state index contributed by atoms with van der Waals surface area (Å²) in [5.41, 5.74) is 0. The Balaban J connectivity index is 2.36. The van der Waals surface area contributed by atoms with Gasteiger partial charge in [0.05, 0.1) is 6.04 Å². The first-order valence-electron chi connectivity index (χ1n) is 7.22. The molecule has 1 heterocycles. The lowest BCUT2D eigenvalue weighted by molar-refractivity contribution is -0.138. The van der Waals surface area contributed by atoms with Gasteiger partial charge in [0, 0.05) is 13.0 Å². The van der Waals surface area contributed by atoms with Crippen LogP contribution in [0.3, 0.4) is 0 Å². The smallest absolute Gasteiger partial charge is 0.303 e. The lowest BCUT2D eigenvalue weighted by atomic mass is 9.94. The molecule has 0 aliphatic carbocycles. The van der Waals surface area contributed by atoms with Gasteiger partial charge in [-0.3, -0.25) is 9.59 Å². The van der Waals surface area contributed by atoms with Crippen molar-refractivity contribution in [3.63, 3.8) is 0 Å². The van der Waals surface area contributed by atoms with Crippen LogP contribution in [-0.2, 0) is 9.59 Å². The van der Waals surface area contributed by atoms with Crippen LogP contribution in [0.2, 0.25) is 0 Å². The summed E-state index contributed by atoms with van der Waals surface area (Å²) >= 11 is 0. The molecule has 1 rings (SSSR count). The van der Waals surface area contributed by atoms with Gasteiger partial charge in [-0.05, 0) is 37.6 Å². The molecule has 0 spiro atoms. The molecule has 1 amide bonds. The molecular weight excluding hydrogens is 244 g/mol. The van der Waals surface area contributed by atoms with E-state index in [2.05, 4.69) is 24.5 Å². The highest BCUT2D eigenvalue weighted by molar-refractivity contribution is 5.81. The molecule has 110 valence electrons. The van der Waals surface area contributed by atoms with E-state index in [4.69, 9.17) is 5.11 Å². The maximum absolute atomic E-state index is 12.0. The van der Waals surface area contributed by atoms with Crippen molar-refractivity contribution in [2.24, 2.45) is 11.8 Å². The van der Waals surface area contributed by atoms with Crippen LogP contribution >= 0.6 is 0 Å². The molecule has 0 bridgehead atoms. The van der Waals surface area contributed by atoms with Crippen molar-refractivity contribution in [1.82, 2.24) is 10.6 Å². The molecule has 5 heteroatoms. The Morgan fingerprint density at radius 3 is 2.63 bits per heavy atom. The second-order valence-electron chi connectivity index (χ2n) is 5.84. The fraction of sp³-hybridized carbons (Fsp3) is 0.857. The Bertz CT molecular complexity index is 299. The number of carboxylic acid groups (broad SMARTS) is 1. The number of carbonyl (C=O) groups excluding carboxylic acids is 1. The van der Waals surface area contributed by atoms with Crippen LogP contribution in [-0.4, -0.2) is 36.1 Å². The summed E-state index contributed by atoms with van der Waals surface area (Å²) in [6.07, 6.45) is 4.02. The van der Waals surface area contributed by atoms with Crippen LogP contribution in [0.15, 0.2) is 0 Å². The third-order valence-electron chi connectivity index (χ3n) is 3.46. The number of hydrogen-bond acceptors (Lipinski definition) is 3. The minimum atomic E-state index is -0.796. The highest BCUT2D eigenvalue weighted by Gasteiger charge is 2.22. The zero-order valence-electron chi connectivity index (χ0n) is 11.9. The summed E-state index contributed by atoms with van der Waals surface area (Å²) in [5, 5.41) is 15.0. The molecule has 1 aliphatic rings. The van der Waals surface area contributed by atoms with Crippen LogP contribution in [0.4, 0.5) is 0 Å². The van der Waals surface area contributed by atoms with Gasteiger partial charge in [-0.2, -0.15) is 0 Å². The van der Waals surface area contributed by atoms with Crippen LogP contribution < -0.4 is 10.6 Å². The Hall–Kier alpha value is -1.10. The van der Waals surface area contributed by atoms with Crippen LogP contribution in [0, 0.1) is 11.8 Å². The first kappa shape index (κ1) is 16.0. The number of piperidine rings is 1. The molecule has 5 nitrogen and oxygen atoms in total. The monoisotopic (exact) mass is 270 g/mol. The zero-order valence-corrected chi connectivity index (χ0v) is 11.9. The predicted molar refractivity (Wildman–Crippen MR) is 73.8 cm³/mol. The second kappa shape index (κ2) is 8.15. The highest BCUT2D eigenvalue weighted by atomic mass is 16.4. The lowest BCUT2D eigenvalue weighted by Gasteiger charge is -2.24. The number of nitrogens with one attached hydrogen (secondary N) is 2. The molecule has 0 aromatic carbocycles. The fourth-order valence-electron chi connectivity index (χ4n) is 2.60. The second-order valence-corrected chi connectivity index (χ2v) is 5.84. The van der Waals surface area contributed by atoms with E-state index >= 15 is 0 Å². The van der Waals surface area contributed by atoms with Crippen LogP contribution in [0.5, 0.6) is 0 Å². The Kier molecular flexibility index (Phi) is 6.84. The van der Waals surface area contributed by atoms with Gasteiger partial charge in [-0.25, -0.2) is 0 Å². The third-order valence-corrected chi connectivity index (χ3v) is 3.46. The van der Waals surface area contributed by atoms with Gasteiger partial charge in [0.25, 0.3) is 0 Å². The van der Waals surface area contributed by atoms with E-state index in [-0.39, 0.29) is 24.3 Å². The van der Waals surface area contributed by atoms with Crippen molar-refractivity contribution in [1.29, 1.82) is 0 Å². The minimum absolute atomic E-state index is 0.0128. The van der Waals surface area contributed by atoms with Gasteiger partial charge >= 0.3 is 5.97 Å². The van der Waals surface area contributed by atoms with Crippen LogP contribution in [0.1, 0.15) is 46.0 Å². The summed E-state index contributed by atoms with van der Waals surface area (Å²) in [4.78, 5) is 22.8. The van der Waals surface area contributed by atoms with Crippen LogP contribution in [0.25, 0.3) is 0 Å². The molecular formula is C14H26N2O3. The average Bonchev–Trinajstić information content (AvgIpc) is 2.35. The van der Waals surface area contributed by atoms with Crippen molar-refractivity contribution in [2.45, 2.75) is 52.0 Å². The van der Waals surface area contributed by atoms with E-state index < -0.39 is 5.97 Å². The van der Waals surface area contributed by atoms with E-state index in [0.29, 0.717) is 12.5 Å². The van der Waals surface area contributed by atoms with Crippen molar-refractivity contribution in [2.75, 3.05) is 13.1 Å². The van der Waals surface area contributed by atoms with E-state index in [1.54, 1.807) is 0 Å². The number of amides is 1. The zero-order chi connectivity index (χ0) is 14.3. The molecule has 0 aromatic heterocycles. The molecule has 2 atom stereocenters. The number of hydrogen-bond donors (Lipinski definition) is 3. The lowest BCUT2D eigenvalue weighted by Crippen LogP contribution is -2.47. The Morgan fingerprint density at radius 2 is 2.11 bits per heavy atom. The molecule has 0 radical (unpaired) electrons. The first-order chi connectivity index (χ1) is 8.99. The van der Waals surface area contributed by atoms with Crippen molar-refractivity contribution < 1.29 is 14.7 Å². The number of carboxylic acids is 1. The van der Waals surface area contributed by atoms with E-state index in [1.165, 1.54) is 0 Å². The first-order valence-corrected chi connectivity index (χ1v) is 7.22. The summed E-state index contributed by atoms with van der Waals surface area (Å²) < 4.78 is 0. The fourth-order valence-corrected chi connectivity index (χ4v) is 2.60. The number of rotatable bonds is 7. The van der Waals surface area contributed by atoms with Gasteiger partial charge in [-0.1, -0.05) is 20.3 Å². The van der Waals surface area contributed by atoms with E-state index in [0.717, 1.165) is 32.2 Å². The minimum Gasteiger partial charge on any atom is -0.481 e. The van der Waals surface area contributed by atoms with E-state index in [9.17, 15) is 9.59 Å². The number of carbonyl (C=O) groups is 2. The van der Waals surface area contributed by atoms with Gasteiger partial charge in [-0.15, -0.1) is 0 Å². The molecule has 1 fully saturated rings. The Morgan fingerprint density at radius 1 is 1.37 bits per heavy atom. The van der Waals surface area contributed by atoms with Gasteiger partial charge in [0.15, 0.2) is 0 Å².